The van der Waals surface area contributed by atoms with Gasteiger partial charge >= 0.3 is 5.69 Å². The minimum absolute atomic E-state index is 0.0542. The Balaban J connectivity index is 2.74. The summed E-state index contributed by atoms with van der Waals surface area (Å²) in [6.45, 7) is 8.10. The lowest BCUT2D eigenvalue weighted by Crippen LogP contribution is -2.40. The van der Waals surface area contributed by atoms with Gasteiger partial charge in [0, 0.05) is 32.0 Å². The number of hydrogen-bond acceptors (Lipinski definition) is 2. The van der Waals surface area contributed by atoms with Crippen molar-refractivity contribution in [3.63, 3.8) is 0 Å². The van der Waals surface area contributed by atoms with E-state index in [1.807, 2.05) is 6.20 Å². The number of aromatic nitrogens is 2. The molecule has 0 aliphatic heterocycles. The molecule has 0 fully saturated rings. The van der Waals surface area contributed by atoms with Crippen molar-refractivity contribution in [2.45, 2.75) is 33.4 Å². The Hall–Kier alpha value is -1.03. The second kappa shape index (κ2) is 5.16. The van der Waals surface area contributed by atoms with Gasteiger partial charge in [-0.2, -0.15) is 0 Å². The third-order valence-corrected chi connectivity index (χ3v) is 2.68. The summed E-state index contributed by atoms with van der Waals surface area (Å²) in [4.78, 5) is 11.6. The summed E-state index contributed by atoms with van der Waals surface area (Å²) in [5, 5.41) is 3.40. The Morgan fingerprint density at radius 2 is 2.07 bits per heavy atom. The molecule has 1 N–H and O–H groups in total. The van der Waals surface area contributed by atoms with Crippen molar-refractivity contribution in [1.82, 2.24) is 14.5 Å². The smallest absolute Gasteiger partial charge is 0.312 e. The molecule has 1 heterocycles. The minimum Gasteiger partial charge on any atom is -0.312 e. The van der Waals surface area contributed by atoms with Crippen LogP contribution in [0.2, 0.25) is 0 Å². The van der Waals surface area contributed by atoms with Crippen LogP contribution in [0.3, 0.4) is 0 Å². The van der Waals surface area contributed by atoms with Crippen LogP contribution in [0.4, 0.5) is 0 Å². The third kappa shape index (κ3) is 2.96. The van der Waals surface area contributed by atoms with Crippen LogP contribution < -0.4 is 11.0 Å². The molecule has 15 heavy (non-hydrogen) atoms. The Bertz CT molecular complexity index is 351. The maximum Gasteiger partial charge on any atom is 0.327 e. The molecule has 4 nitrogen and oxygen atoms in total. The second-order valence-electron chi connectivity index (χ2n) is 4.25. The van der Waals surface area contributed by atoms with E-state index in [4.69, 9.17) is 0 Å². The molecule has 86 valence electrons. The molecular formula is C11H21N3O. The van der Waals surface area contributed by atoms with Gasteiger partial charge < -0.3 is 9.88 Å². The molecule has 0 bridgehead atoms. The fourth-order valence-corrected chi connectivity index (χ4v) is 1.63. The molecule has 0 radical (unpaired) electrons. The summed E-state index contributed by atoms with van der Waals surface area (Å²) in [7, 11) is 1.77. The molecule has 0 aromatic carbocycles. The number of likely N-dealkylation sites (N-methyl/N-ethyl adjacent to an activating group) is 1. The van der Waals surface area contributed by atoms with E-state index in [9.17, 15) is 4.79 Å². The highest BCUT2D eigenvalue weighted by Gasteiger charge is 2.13. The lowest BCUT2D eigenvalue weighted by Gasteiger charge is -2.21. The summed E-state index contributed by atoms with van der Waals surface area (Å²) in [6, 6.07) is 0.357. The molecule has 0 aliphatic carbocycles. The first-order valence-corrected chi connectivity index (χ1v) is 5.51. The monoisotopic (exact) mass is 211 g/mol. The van der Waals surface area contributed by atoms with E-state index in [-0.39, 0.29) is 5.69 Å². The summed E-state index contributed by atoms with van der Waals surface area (Å²) >= 11 is 0. The van der Waals surface area contributed by atoms with Crippen LogP contribution in [0.15, 0.2) is 17.2 Å². The number of rotatable bonds is 5. The molecule has 0 aliphatic rings. The fraction of sp³-hybridized carbons (Fsp3) is 0.727. The van der Waals surface area contributed by atoms with Gasteiger partial charge in [0.05, 0.1) is 0 Å². The Labute approximate surface area is 90.9 Å². The van der Waals surface area contributed by atoms with Gasteiger partial charge in [0.15, 0.2) is 0 Å². The van der Waals surface area contributed by atoms with Gasteiger partial charge in [-0.05, 0) is 12.5 Å². The molecule has 0 amide bonds. The van der Waals surface area contributed by atoms with E-state index in [2.05, 4.69) is 26.1 Å². The standard InChI is InChI=1S/C11H21N3O/c1-5-12-10(9(2)3)8-14-7-6-13(4)11(14)15/h6-7,9-10,12H,5,8H2,1-4H3. The zero-order valence-corrected chi connectivity index (χ0v) is 10.0. The SMILES string of the molecule is CCNC(Cn1ccn(C)c1=O)C(C)C. The predicted octanol–water partition coefficient (Wildman–Crippen LogP) is 0.821. The molecular weight excluding hydrogens is 190 g/mol. The van der Waals surface area contributed by atoms with E-state index >= 15 is 0 Å². The summed E-state index contributed by atoms with van der Waals surface area (Å²) < 4.78 is 3.36. The first-order chi connectivity index (χ1) is 7.06. The third-order valence-electron chi connectivity index (χ3n) is 2.68. The predicted molar refractivity (Wildman–Crippen MR) is 62.0 cm³/mol. The first kappa shape index (κ1) is 12.0. The average molecular weight is 211 g/mol. The Morgan fingerprint density at radius 3 is 2.47 bits per heavy atom. The summed E-state index contributed by atoms with van der Waals surface area (Å²) in [5.41, 5.74) is 0.0542. The minimum atomic E-state index is 0.0542. The van der Waals surface area contributed by atoms with Crippen LogP contribution in [0.1, 0.15) is 20.8 Å². The Morgan fingerprint density at radius 1 is 1.40 bits per heavy atom. The molecule has 1 atom stereocenters. The van der Waals surface area contributed by atoms with Crippen molar-refractivity contribution >= 4 is 0 Å². The van der Waals surface area contributed by atoms with Gasteiger partial charge in [-0.3, -0.25) is 4.57 Å². The number of imidazole rings is 1. The highest BCUT2D eigenvalue weighted by molar-refractivity contribution is 4.82. The van der Waals surface area contributed by atoms with Crippen molar-refractivity contribution in [2.24, 2.45) is 13.0 Å². The zero-order valence-electron chi connectivity index (χ0n) is 10.0. The van der Waals surface area contributed by atoms with Crippen molar-refractivity contribution in [3.8, 4) is 0 Å². The second-order valence-corrected chi connectivity index (χ2v) is 4.25. The Kier molecular flexibility index (Phi) is 4.15. The molecule has 1 unspecified atom stereocenters. The van der Waals surface area contributed by atoms with E-state index in [1.165, 1.54) is 0 Å². The van der Waals surface area contributed by atoms with Crippen molar-refractivity contribution in [1.29, 1.82) is 0 Å². The van der Waals surface area contributed by atoms with Crippen LogP contribution in [-0.4, -0.2) is 21.7 Å². The van der Waals surface area contributed by atoms with Crippen molar-refractivity contribution in [3.05, 3.63) is 22.9 Å². The lowest BCUT2D eigenvalue weighted by molar-refractivity contribution is 0.357. The maximum absolute atomic E-state index is 11.6. The normalized spacial score (nSPS) is 13.4. The van der Waals surface area contributed by atoms with Crippen LogP contribution in [0, 0.1) is 5.92 Å². The zero-order chi connectivity index (χ0) is 11.4. The van der Waals surface area contributed by atoms with Crippen molar-refractivity contribution < 1.29 is 0 Å². The molecule has 4 heteroatoms. The number of hydrogen-bond donors (Lipinski definition) is 1. The van der Waals surface area contributed by atoms with E-state index < -0.39 is 0 Å². The van der Waals surface area contributed by atoms with Crippen LogP contribution in [0.25, 0.3) is 0 Å². The van der Waals surface area contributed by atoms with Crippen LogP contribution >= 0.6 is 0 Å². The molecule has 0 saturated carbocycles. The van der Waals surface area contributed by atoms with E-state index in [0.29, 0.717) is 12.0 Å². The van der Waals surface area contributed by atoms with Gasteiger partial charge in [-0.15, -0.1) is 0 Å². The number of nitrogens with one attached hydrogen (secondary N) is 1. The van der Waals surface area contributed by atoms with Crippen LogP contribution in [0.5, 0.6) is 0 Å². The maximum atomic E-state index is 11.6. The highest BCUT2D eigenvalue weighted by Crippen LogP contribution is 2.03. The van der Waals surface area contributed by atoms with Crippen molar-refractivity contribution in [2.75, 3.05) is 6.54 Å². The average Bonchev–Trinajstić information content (AvgIpc) is 2.48. The summed E-state index contributed by atoms with van der Waals surface area (Å²) in [6.07, 6.45) is 3.64. The van der Waals surface area contributed by atoms with Gasteiger partial charge in [0.1, 0.15) is 0 Å². The topological polar surface area (TPSA) is 39.0 Å². The molecule has 1 aromatic rings. The number of aryl methyl sites for hydroxylation is 1. The van der Waals surface area contributed by atoms with E-state index in [1.54, 1.807) is 22.4 Å². The van der Waals surface area contributed by atoms with Gasteiger partial charge in [0.25, 0.3) is 0 Å². The fourth-order valence-electron chi connectivity index (χ4n) is 1.63. The molecule has 1 aromatic heterocycles. The quantitative estimate of drug-likeness (QED) is 0.783. The molecule has 0 spiro atoms. The largest absolute Gasteiger partial charge is 0.327 e. The van der Waals surface area contributed by atoms with Gasteiger partial charge in [-0.25, -0.2) is 4.79 Å². The summed E-state index contributed by atoms with van der Waals surface area (Å²) in [5.74, 6) is 0.525. The lowest BCUT2D eigenvalue weighted by atomic mass is 10.0. The molecule has 0 saturated heterocycles. The number of nitrogens with zero attached hydrogens (tertiary/aromatic N) is 2. The highest BCUT2D eigenvalue weighted by atomic mass is 16.1. The van der Waals surface area contributed by atoms with Crippen LogP contribution in [-0.2, 0) is 13.6 Å². The van der Waals surface area contributed by atoms with Gasteiger partial charge in [-0.1, -0.05) is 20.8 Å². The van der Waals surface area contributed by atoms with E-state index in [0.717, 1.165) is 13.1 Å². The van der Waals surface area contributed by atoms with Gasteiger partial charge in [0.2, 0.25) is 0 Å². The first-order valence-electron chi connectivity index (χ1n) is 5.51. The molecule has 1 rings (SSSR count).